The molecular weight excluding hydrogens is 202 g/mol. The van der Waals surface area contributed by atoms with Crippen molar-refractivity contribution < 1.29 is 4.74 Å². The molecule has 0 aromatic heterocycles. The normalized spacial score (nSPS) is 18.3. The lowest BCUT2D eigenvalue weighted by Crippen LogP contribution is -2.33. The second-order valence-corrected chi connectivity index (χ2v) is 4.74. The molecule has 0 amide bonds. The Bertz CT molecular complexity index is 214. The van der Waals surface area contributed by atoms with Crippen molar-refractivity contribution in [1.29, 1.82) is 0 Å². The highest BCUT2D eigenvalue weighted by molar-refractivity contribution is 4.91. The predicted octanol–water partition coefficient (Wildman–Crippen LogP) is 1.10. The largest absolute Gasteiger partial charge is 0.380 e. The molecule has 4 nitrogen and oxygen atoms in total. The Labute approximate surface area is 98.8 Å². The van der Waals surface area contributed by atoms with E-state index in [0.717, 1.165) is 13.1 Å². The van der Waals surface area contributed by atoms with E-state index in [2.05, 4.69) is 25.2 Å². The van der Waals surface area contributed by atoms with Gasteiger partial charge in [-0.15, -0.1) is 0 Å². The van der Waals surface area contributed by atoms with E-state index in [0.29, 0.717) is 12.0 Å². The summed E-state index contributed by atoms with van der Waals surface area (Å²) in [4.78, 5) is 0. The summed E-state index contributed by atoms with van der Waals surface area (Å²) in [5, 5.41) is 5.14. The Hall–Kier alpha value is -0.580. The van der Waals surface area contributed by atoms with E-state index in [1.54, 1.807) is 12.1 Å². The van der Waals surface area contributed by atoms with Crippen molar-refractivity contribution in [2.24, 2.45) is 11.8 Å². The lowest BCUT2D eigenvalue weighted by molar-refractivity contribution is 0.0657. The van der Waals surface area contributed by atoms with Crippen LogP contribution in [0.25, 0.3) is 0 Å². The zero-order valence-electron chi connectivity index (χ0n) is 10.6. The molecule has 0 bridgehead atoms. The molecule has 1 saturated carbocycles. The van der Waals surface area contributed by atoms with Gasteiger partial charge in [-0.3, -0.25) is 0 Å². The zero-order chi connectivity index (χ0) is 12.0. The second-order valence-electron chi connectivity index (χ2n) is 4.74. The molecule has 94 valence electrons. The number of rotatable bonds is 8. The fraction of sp³-hybridized carbons (Fsp3) is 0.833. The molecular formula is C12H25N3O. The number of nitrogens with one attached hydrogen (secondary N) is 1. The smallest absolute Gasteiger partial charge is 0.0718 e. The third-order valence-corrected chi connectivity index (χ3v) is 2.90. The number of nitrogens with zero attached hydrogens (tertiary/aromatic N) is 1. The van der Waals surface area contributed by atoms with Crippen LogP contribution in [0.4, 0.5) is 0 Å². The molecule has 0 spiro atoms. The summed E-state index contributed by atoms with van der Waals surface area (Å²) >= 11 is 0. The van der Waals surface area contributed by atoms with Crippen molar-refractivity contribution in [2.75, 3.05) is 20.2 Å². The fourth-order valence-electron chi connectivity index (χ4n) is 1.57. The molecule has 0 aromatic carbocycles. The van der Waals surface area contributed by atoms with Crippen LogP contribution in [0.3, 0.4) is 0 Å². The van der Waals surface area contributed by atoms with Gasteiger partial charge in [-0.05, 0) is 18.8 Å². The SMILES string of the molecule is CO[C@@H](CNCC=CN(N)C1CC1)C(C)C. The minimum atomic E-state index is 0.283. The number of hydrazine groups is 1. The van der Waals surface area contributed by atoms with Gasteiger partial charge < -0.3 is 15.1 Å². The summed E-state index contributed by atoms with van der Waals surface area (Å²) in [6, 6.07) is 0.582. The summed E-state index contributed by atoms with van der Waals surface area (Å²) in [5.74, 6) is 6.33. The monoisotopic (exact) mass is 227 g/mol. The first kappa shape index (κ1) is 13.5. The lowest BCUT2D eigenvalue weighted by atomic mass is 10.1. The Balaban J connectivity index is 2.05. The number of ether oxygens (including phenoxy) is 1. The molecule has 1 atom stereocenters. The van der Waals surface area contributed by atoms with Gasteiger partial charge >= 0.3 is 0 Å². The third-order valence-electron chi connectivity index (χ3n) is 2.90. The maximum atomic E-state index is 5.79. The quantitative estimate of drug-likeness (QED) is 0.370. The van der Waals surface area contributed by atoms with Crippen molar-refractivity contribution in [3.63, 3.8) is 0 Å². The highest BCUT2D eigenvalue weighted by atomic mass is 16.5. The summed E-state index contributed by atoms with van der Waals surface area (Å²) in [6.45, 7) is 6.06. The van der Waals surface area contributed by atoms with Gasteiger partial charge in [0.15, 0.2) is 0 Å². The third kappa shape index (κ3) is 4.96. The van der Waals surface area contributed by atoms with Gasteiger partial charge in [-0.25, -0.2) is 5.84 Å². The lowest BCUT2D eigenvalue weighted by Gasteiger charge is -2.19. The number of hydrogen-bond donors (Lipinski definition) is 2. The van der Waals surface area contributed by atoms with Gasteiger partial charge in [0.25, 0.3) is 0 Å². The van der Waals surface area contributed by atoms with Gasteiger partial charge in [-0.1, -0.05) is 19.9 Å². The van der Waals surface area contributed by atoms with Gasteiger partial charge in [-0.2, -0.15) is 0 Å². The highest BCUT2D eigenvalue weighted by Gasteiger charge is 2.24. The Kier molecular flexibility index (Phi) is 5.80. The first-order chi connectivity index (χ1) is 7.65. The van der Waals surface area contributed by atoms with Crippen molar-refractivity contribution in [3.05, 3.63) is 12.3 Å². The zero-order valence-corrected chi connectivity index (χ0v) is 10.6. The molecule has 0 heterocycles. The molecule has 1 rings (SSSR count). The Morgan fingerprint density at radius 3 is 2.69 bits per heavy atom. The van der Waals surface area contributed by atoms with Crippen LogP contribution >= 0.6 is 0 Å². The first-order valence-corrected chi connectivity index (χ1v) is 6.08. The molecule has 1 aliphatic rings. The van der Waals surface area contributed by atoms with E-state index < -0.39 is 0 Å². The minimum Gasteiger partial charge on any atom is -0.380 e. The Morgan fingerprint density at radius 2 is 2.19 bits per heavy atom. The molecule has 4 heteroatoms. The van der Waals surface area contributed by atoms with Crippen LogP contribution in [0.2, 0.25) is 0 Å². The predicted molar refractivity (Wildman–Crippen MR) is 66.7 cm³/mol. The van der Waals surface area contributed by atoms with Crippen LogP contribution in [0.5, 0.6) is 0 Å². The van der Waals surface area contributed by atoms with Crippen LogP contribution in [0.1, 0.15) is 26.7 Å². The number of nitrogens with two attached hydrogens (primary N) is 1. The molecule has 0 radical (unpaired) electrons. The van der Waals surface area contributed by atoms with Gasteiger partial charge in [0, 0.05) is 32.4 Å². The Morgan fingerprint density at radius 1 is 1.50 bits per heavy atom. The van der Waals surface area contributed by atoms with Crippen LogP contribution in [-0.2, 0) is 4.74 Å². The average molecular weight is 227 g/mol. The summed E-state index contributed by atoms with van der Waals surface area (Å²) in [5.41, 5.74) is 0. The molecule has 16 heavy (non-hydrogen) atoms. The number of methoxy groups -OCH3 is 1. The fourth-order valence-corrected chi connectivity index (χ4v) is 1.57. The van der Waals surface area contributed by atoms with Crippen molar-refractivity contribution in [2.45, 2.75) is 38.8 Å². The molecule has 3 N–H and O–H groups in total. The van der Waals surface area contributed by atoms with E-state index in [4.69, 9.17) is 10.6 Å². The summed E-state index contributed by atoms with van der Waals surface area (Å²) < 4.78 is 5.37. The number of hydrogen-bond acceptors (Lipinski definition) is 4. The van der Waals surface area contributed by atoms with Gasteiger partial charge in [0.05, 0.1) is 6.10 Å². The maximum absolute atomic E-state index is 5.79. The topological polar surface area (TPSA) is 50.5 Å². The van der Waals surface area contributed by atoms with Gasteiger partial charge in [0.2, 0.25) is 0 Å². The minimum absolute atomic E-state index is 0.283. The molecule has 0 aromatic rings. The van der Waals surface area contributed by atoms with Crippen LogP contribution in [0.15, 0.2) is 12.3 Å². The van der Waals surface area contributed by atoms with E-state index in [9.17, 15) is 0 Å². The van der Waals surface area contributed by atoms with E-state index >= 15 is 0 Å². The van der Waals surface area contributed by atoms with Crippen LogP contribution in [-0.4, -0.2) is 37.4 Å². The molecule has 0 aliphatic heterocycles. The average Bonchev–Trinajstić information content (AvgIpc) is 3.05. The van der Waals surface area contributed by atoms with Crippen molar-refractivity contribution in [3.8, 4) is 0 Å². The van der Waals surface area contributed by atoms with Crippen molar-refractivity contribution in [1.82, 2.24) is 10.3 Å². The second kappa shape index (κ2) is 6.89. The summed E-state index contributed by atoms with van der Waals surface area (Å²) in [6.07, 6.45) is 6.76. The van der Waals surface area contributed by atoms with Gasteiger partial charge in [0.1, 0.15) is 0 Å². The molecule has 1 fully saturated rings. The van der Waals surface area contributed by atoms with E-state index in [-0.39, 0.29) is 6.10 Å². The first-order valence-electron chi connectivity index (χ1n) is 6.08. The molecule has 1 aliphatic carbocycles. The maximum Gasteiger partial charge on any atom is 0.0718 e. The van der Waals surface area contributed by atoms with E-state index in [1.807, 2.05) is 6.20 Å². The summed E-state index contributed by atoms with van der Waals surface area (Å²) in [7, 11) is 1.76. The van der Waals surface area contributed by atoms with Crippen LogP contribution < -0.4 is 11.2 Å². The molecule has 0 unspecified atom stereocenters. The van der Waals surface area contributed by atoms with Crippen LogP contribution in [0, 0.1) is 5.92 Å². The molecule has 0 saturated heterocycles. The highest BCUT2D eigenvalue weighted by Crippen LogP contribution is 2.23. The van der Waals surface area contributed by atoms with E-state index in [1.165, 1.54) is 12.8 Å². The van der Waals surface area contributed by atoms with Crippen molar-refractivity contribution >= 4 is 0 Å². The standard InChI is InChI=1S/C12H25N3O/c1-10(2)12(16-3)9-14-7-4-8-15(13)11-5-6-11/h4,8,10-12,14H,5-7,9,13H2,1-3H3/t12-/m0/s1.